The first-order valence-electron chi connectivity index (χ1n) is 6.29. The van der Waals surface area contributed by atoms with Crippen LogP contribution >= 0.6 is 11.6 Å². The Kier molecular flexibility index (Phi) is 5.60. The minimum Gasteiger partial charge on any atom is -0.258 e. The summed E-state index contributed by atoms with van der Waals surface area (Å²) in [5.74, 6) is 1.03. The van der Waals surface area contributed by atoms with Gasteiger partial charge in [0.1, 0.15) is 0 Å². The molecular weight excluding hydrogens is 250 g/mol. The zero-order valence-electron chi connectivity index (χ0n) is 11.1. The number of nitro benzene ring substituents is 1. The Morgan fingerprint density at radius 2 is 1.78 bits per heavy atom. The molecule has 0 bridgehead atoms. The van der Waals surface area contributed by atoms with Gasteiger partial charge < -0.3 is 0 Å². The maximum absolute atomic E-state index is 10.5. The lowest BCUT2D eigenvalue weighted by Gasteiger charge is -2.23. The molecule has 18 heavy (non-hydrogen) atoms. The van der Waals surface area contributed by atoms with Crippen LogP contribution in [0.2, 0.25) is 0 Å². The first kappa shape index (κ1) is 15.0. The lowest BCUT2D eigenvalue weighted by atomic mass is 9.87. The summed E-state index contributed by atoms with van der Waals surface area (Å²) in [6.07, 6.45) is 1.93. The van der Waals surface area contributed by atoms with Crippen LogP contribution in [0.15, 0.2) is 24.3 Å². The number of nitrogens with zero attached hydrogens (tertiary/aromatic N) is 1. The molecule has 1 aromatic carbocycles. The van der Waals surface area contributed by atoms with E-state index < -0.39 is 0 Å². The van der Waals surface area contributed by atoms with E-state index in [-0.39, 0.29) is 16.0 Å². The van der Waals surface area contributed by atoms with Crippen molar-refractivity contribution in [1.82, 2.24) is 0 Å². The predicted molar refractivity (Wildman–Crippen MR) is 75.1 cm³/mol. The second kappa shape index (κ2) is 6.74. The van der Waals surface area contributed by atoms with Crippen LogP contribution in [-0.2, 0) is 6.42 Å². The van der Waals surface area contributed by atoms with Gasteiger partial charge in [0.25, 0.3) is 5.69 Å². The van der Waals surface area contributed by atoms with Crippen LogP contribution in [0.5, 0.6) is 0 Å². The zero-order valence-corrected chi connectivity index (χ0v) is 11.9. The third-order valence-electron chi connectivity index (χ3n) is 3.36. The van der Waals surface area contributed by atoms with Crippen molar-refractivity contribution in [1.29, 1.82) is 0 Å². The van der Waals surface area contributed by atoms with Crippen molar-refractivity contribution >= 4 is 17.3 Å². The summed E-state index contributed by atoms with van der Waals surface area (Å²) in [6.45, 7) is 6.39. The number of non-ortho nitro benzene ring substituents is 1. The molecule has 100 valence electrons. The van der Waals surface area contributed by atoms with Crippen LogP contribution in [0.4, 0.5) is 5.69 Å². The molecule has 0 aliphatic carbocycles. The average molecular weight is 270 g/mol. The lowest BCUT2D eigenvalue weighted by Crippen LogP contribution is -2.18. The summed E-state index contributed by atoms with van der Waals surface area (Å²) in [6, 6.07) is 6.77. The molecule has 0 fully saturated rings. The molecule has 0 spiro atoms. The summed E-state index contributed by atoms with van der Waals surface area (Å²) >= 11 is 6.18. The van der Waals surface area contributed by atoms with Crippen LogP contribution < -0.4 is 0 Å². The van der Waals surface area contributed by atoms with Crippen molar-refractivity contribution in [3.63, 3.8) is 0 Å². The second-order valence-corrected chi connectivity index (χ2v) is 5.74. The maximum Gasteiger partial charge on any atom is 0.269 e. The number of hydrogen-bond donors (Lipinski definition) is 0. The first-order chi connectivity index (χ1) is 8.41. The molecule has 0 saturated heterocycles. The third-order valence-corrected chi connectivity index (χ3v) is 3.68. The van der Waals surface area contributed by atoms with Gasteiger partial charge in [-0.05, 0) is 37.2 Å². The Labute approximate surface area is 113 Å². The fourth-order valence-corrected chi connectivity index (χ4v) is 2.63. The number of hydrogen-bond acceptors (Lipinski definition) is 2. The molecule has 0 radical (unpaired) electrons. The predicted octanol–water partition coefficient (Wildman–Crippen LogP) is 4.43. The molecule has 1 rings (SSSR count). The average Bonchev–Trinajstić information content (AvgIpc) is 2.28. The van der Waals surface area contributed by atoms with Crippen LogP contribution in [-0.4, -0.2) is 10.3 Å². The highest BCUT2D eigenvalue weighted by Gasteiger charge is 2.18. The van der Waals surface area contributed by atoms with Crippen molar-refractivity contribution in [2.45, 2.75) is 39.0 Å². The van der Waals surface area contributed by atoms with Gasteiger partial charge in [-0.3, -0.25) is 10.1 Å². The molecular formula is C14H20ClNO2. The minimum absolute atomic E-state index is 0.143. The van der Waals surface area contributed by atoms with Crippen molar-refractivity contribution in [3.05, 3.63) is 39.9 Å². The van der Waals surface area contributed by atoms with E-state index in [0.717, 1.165) is 18.4 Å². The van der Waals surface area contributed by atoms with Gasteiger partial charge in [-0.1, -0.05) is 26.0 Å². The molecule has 3 nitrogen and oxygen atoms in total. The molecule has 2 unspecified atom stereocenters. The van der Waals surface area contributed by atoms with Gasteiger partial charge in [0.15, 0.2) is 0 Å². The fourth-order valence-electron chi connectivity index (χ4n) is 2.21. The smallest absolute Gasteiger partial charge is 0.258 e. The Hall–Kier alpha value is -1.09. The van der Waals surface area contributed by atoms with Gasteiger partial charge in [0.05, 0.1) is 4.92 Å². The topological polar surface area (TPSA) is 43.1 Å². The summed E-state index contributed by atoms with van der Waals surface area (Å²) in [7, 11) is 0. The van der Waals surface area contributed by atoms with Crippen LogP contribution in [0.25, 0.3) is 0 Å². The quantitative estimate of drug-likeness (QED) is 0.436. The first-order valence-corrected chi connectivity index (χ1v) is 6.73. The molecule has 0 aliphatic rings. The summed E-state index contributed by atoms with van der Waals surface area (Å²) in [5, 5.41) is 10.7. The van der Waals surface area contributed by atoms with E-state index in [1.54, 1.807) is 12.1 Å². The van der Waals surface area contributed by atoms with E-state index in [2.05, 4.69) is 13.8 Å². The highest BCUT2D eigenvalue weighted by atomic mass is 35.5. The maximum atomic E-state index is 10.5. The number of halogens is 1. The minimum atomic E-state index is -0.373. The molecule has 0 saturated carbocycles. The van der Waals surface area contributed by atoms with Crippen LogP contribution in [0.3, 0.4) is 0 Å². The van der Waals surface area contributed by atoms with E-state index in [0.29, 0.717) is 11.8 Å². The molecule has 0 aliphatic heterocycles. The van der Waals surface area contributed by atoms with Gasteiger partial charge in [-0.25, -0.2) is 0 Å². The molecule has 4 heteroatoms. The highest BCUT2D eigenvalue weighted by molar-refractivity contribution is 6.20. The molecule has 1 aromatic rings. The molecule has 0 heterocycles. The standard InChI is InChI=1S/C14H20ClNO2/c1-10(2)14(11(3)15)9-6-12-4-7-13(8-5-12)16(17)18/h4-5,7-8,10-11,14H,6,9H2,1-3H3. The van der Waals surface area contributed by atoms with E-state index >= 15 is 0 Å². The van der Waals surface area contributed by atoms with Gasteiger partial charge in [0.2, 0.25) is 0 Å². The highest BCUT2D eigenvalue weighted by Crippen LogP contribution is 2.25. The SMILES string of the molecule is CC(C)C(CCc1ccc([N+](=O)[O-])cc1)C(C)Cl. The summed E-state index contributed by atoms with van der Waals surface area (Å²) in [4.78, 5) is 10.2. The number of aryl methyl sites for hydroxylation is 1. The normalized spacial score (nSPS) is 14.5. The number of nitro groups is 1. The van der Waals surface area contributed by atoms with Crippen molar-refractivity contribution in [2.75, 3.05) is 0 Å². The van der Waals surface area contributed by atoms with Crippen molar-refractivity contribution in [3.8, 4) is 0 Å². The number of alkyl halides is 1. The second-order valence-electron chi connectivity index (χ2n) is 5.05. The Morgan fingerprint density at radius 1 is 1.22 bits per heavy atom. The Morgan fingerprint density at radius 3 is 2.17 bits per heavy atom. The Bertz CT molecular complexity index is 379. The van der Waals surface area contributed by atoms with E-state index in [9.17, 15) is 10.1 Å². The third kappa shape index (κ3) is 4.30. The summed E-state index contributed by atoms with van der Waals surface area (Å²) in [5.41, 5.74) is 1.27. The fraction of sp³-hybridized carbons (Fsp3) is 0.571. The Balaban J connectivity index is 2.60. The number of benzene rings is 1. The zero-order chi connectivity index (χ0) is 13.7. The van der Waals surface area contributed by atoms with Crippen molar-refractivity contribution in [2.24, 2.45) is 11.8 Å². The molecule has 0 aromatic heterocycles. The van der Waals surface area contributed by atoms with E-state index in [4.69, 9.17) is 11.6 Å². The molecule has 0 N–H and O–H groups in total. The molecule has 2 atom stereocenters. The van der Waals surface area contributed by atoms with Gasteiger partial charge in [-0.15, -0.1) is 11.6 Å². The monoisotopic (exact) mass is 269 g/mol. The van der Waals surface area contributed by atoms with Crippen molar-refractivity contribution < 1.29 is 4.92 Å². The van der Waals surface area contributed by atoms with Crippen LogP contribution in [0, 0.1) is 22.0 Å². The van der Waals surface area contributed by atoms with E-state index in [1.807, 2.05) is 19.1 Å². The van der Waals surface area contributed by atoms with Gasteiger partial charge in [0, 0.05) is 17.5 Å². The molecule has 0 amide bonds. The van der Waals surface area contributed by atoms with E-state index in [1.165, 1.54) is 0 Å². The largest absolute Gasteiger partial charge is 0.269 e. The van der Waals surface area contributed by atoms with Gasteiger partial charge in [-0.2, -0.15) is 0 Å². The lowest BCUT2D eigenvalue weighted by molar-refractivity contribution is -0.384. The van der Waals surface area contributed by atoms with Gasteiger partial charge >= 0.3 is 0 Å². The number of rotatable bonds is 6. The van der Waals surface area contributed by atoms with Crippen LogP contribution in [0.1, 0.15) is 32.8 Å². The summed E-state index contributed by atoms with van der Waals surface area (Å²) < 4.78 is 0.